The first-order valence-corrected chi connectivity index (χ1v) is 10.4. The molecule has 2 aliphatic rings. The molecule has 1 atom stereocenters. The van der Waals surface area contributed by atoms with E-state index in [0.29, 0.717) is 13.2 Å². The summed E-state index contributed by atoms with van der Waals surface area (Å²) in [6, 6.07) is 5.23. The van der Waals surface area contributed by atoms with Gasteiger partial charge in [0.15, 0.2) is 5.96 Å². The molecule has 3 rings (SSSR count). The summed E-state index contributed by atoms with van der Waals surface area (Å²) in [7, 11) is 1.70. The maximum absolute atomic E-state index is 13.0. The first-order chi connectivity index (χ1) is 14.5. The monoisotopic (exact) mass is 557 g/mol. The lowest BCUT2D eigenvalue weighted by Crippen LogP contribution is -2.48. The fourth-order valence-electron chi connectivity index (χ4n) is 3.74. The highest BCUT2D eigenvalue weighted by Gasteiger charge is 2.34. The summed E-state index contributed by atoms with van der Waals surface area (Å²) in [4.78, 5) is 6.42. The van der Waals surface area contributed by atoms with E-state index in [1.54, 1.807) is 7.05 Å². The number of likely N-dealkylation sites (tertiary alicyclic amines) is 1. The first kappa shape index (κ1) is 26.0. The van der Waals surface area contributed by atoms with Crippen molar-refractivity contribution in [2.45, 2.75) is 44.1 Å². The number of nitrogens with zero attached hydrogens (tertiary/aromatic N) is 2. The third kappa shape index (κ3) is 7.98. The number of guanidine groups is 1. The molecule has 1 N–H and O–H groups in total. The van der Waals surface area contributed by atoms with Crippen LogP contribution in [0.5, 0.6) is 5.75 Å². The zero-order valence-electron chi connectivity index (χ0n) is 17.7. The maximum atomic E-state index is 13.0. The number of piperidine rings is 1. The smallest absolute Gasteiger partial charge is 0.419 e. The molecule has 2 aliphatic heterocycles. The quantitative estimate of drug-likeness (QED) is 0.239. The number of nitrogens with one attached hydrogen (secondary N) is 1. The van der Waals surface area contributed by atoms with E-state index in [1.807, 2.05) is 0 Å². The van der Waals surface area contributed by atoms with Gasteiger partial charge >= 0.3 is 6.18 Å². The molecule has 0 saturated carbocycles. The molecule has 1 unspecified atom stereocenters. The Morgan fingerprint density at radius 1 is 1.23 bits per heavy atom. The van der Waals surface area contributed by atoms with Crippen LogP contribution in [-0.2, 0) is 15.7 Å². The summed E-state index contributed by atoms with van der Waals surface area (Å²) in [6.45, 7) is 3.58. The highest BCUT2D eigenvalue weighted by Crippen LogP contribution is 2.35. The Labute approximate surface area is 198 Å². The lowest BCUT2D eigenvalue weighted by Gasteiger charge is -2.34. The summed E-state index contributed by atoms with van der Waals surface area (Å²) in [5, 5.41) is 3.17. The Morgan fingerprint density at radius 2 is 1.97 bits per heavy atom. The zero-order valence-corrected chi connectivity index (χ0v) is 20.0. The SMILES string of the molecule is CN=C(NCCOc1ccccc1C(F)(F)F)N1CCC(OCC2CCCO2)CC1.I. The van der Waals surface area contributed by atoms with Gasteiger partial charge in [0.05, 0.1) is 30.9 Å². The number of rotatable bonds is 7. The Kier molecular flexibility index (Phi) is 10.6. The minimum atomic E-state index is -4.43. The largest absolute Gasteiger partial charge is 0.491 e. The standard InChI is InChI=1S/C21H30F3N3O3.HI/c1-25-20(26-10-14-29-19-7-3-2-6-18(19)21(22,23)24)27-11-8-16(9-12-27)30-15-17-5-4-13-28-17;/h2-3,6-7,16-17H,4-5,8-15H2,1H3,(H,25,26);1H. The van der Waals surface area contributed by atoms with E-state index < -0.39 is 11.7 Å². The van der Waals surface area contributed by atoms with Gasteiger partial charge in [-0.2, -0.15) is 13.2 Å². The summed E-state index contributed by atoms with van der Waals surface area (Å²) in [5.41, 5.74) is -0.764. The van der Waals surface area contributed by atoms with Crippen LogP contribution in [0, 0.1) is 0 Å². The normalized spacial score (nSPS) is 20.5. The molecule has 31 heavy (non-hydrogen) atoms. The van der Waals surface area contributed by atoms with E-state index in [2.05, 4.69) is 15.2 Å². The third-order valence-electron chi connectivity index (χ3n) is 5.33. The van der Waals surface area contributed by atoms with Crippen molar-refractivity contribution in [2.24, 2.45) is 4.99 Å². The predicted octanol–water partition coefficient (Wildman–Crippen LogP) is 3.94. The van der Waals surface area contributed by atoms with E-state index in [1.165, 1.54) is 18.2 Å². The van der Waals surface area contributed by atoms with Crippen molar-refractivity contribution in [3.63, 3.8) is 0 Å². The average Bonchev–Trinajstić information content (AvgIpc) is 3.26. The van der Waals surface area contributed by atoms with Crippen molar-refractivity contribution >= 4 is 29.9 Å². The van der Waals surface area contributed by atoms with Crippen molar-refractivity contribution < 1.29 is 27.4 Å². The number of hydrogen-bond acceptors (Lipinski definition) is 4. The van der Waals surface area contributed by atoms with Crippen molar-refractivity contribution in [3.05, 3.63) is 29.8 Å². The van der Waals surface area contributed by atoms with E-state index in [4.69, 9.17) is 14.2 Å². The molecule has 1 aromatic rings. The second kappa shape index (κ2) is 12.7. The molecule has 2 saturated heterocycles. The van der Waals surface area contributed by atoms with Crippen molar-refractivity contribution in [2.75, 3.05) is 46.5 Å². The Bertz CT molecular complexity index is 692. The van der Waals surface area contributed by atoms with Gasteiger partial charge in [0.2, 0.25) is 0 Å². The summed E-state index contributed by atoms with van der Waals surface area (Å²) in [5.74, 6) is 0.561. The van der Waals surface area contributed by atoms with Crippen LogP contribution in [-0.4, -0.2) is 69.6 Å². The van der Waals surface area contributed by atoms with Crippen LogP contribution in [0.15, 0.2) is 29.3 Å². The summed E-state index contributed by atoms with van der Waals surface area (Å²) < 4.78 is 56.0. The Morgan fingerprint density at radius 3 is 2.61 bits per heavy atom. The molecule has 6 nitrogen and oxygen atoms in total. The maximum Gasteiger partial charge on any atom is 0.419 e. The molecule has 176 valence electrons. The summed E-state index contributed by atoms with van der Waals surface area (Å²) >= 11 is 0. The van der Waals surface area contributed by atoms with Crippen LogP contribution < -0.4 is 10.1 Å². The van der Waals surface area contributed by atoms with Crippen LogP contribution in [0.2, 0.25) is 0 Å². The fraction of sp³-hybridized carbons (Fsp3) is 0.667. The molecule has 0 amide bonds. The van der Waals surface area contributed by atoms with Gasteiger partial charge in [0, 0.05) is 26.7 Å². The Balaban J connectivity index is 0.00000341. The van der Waals surface area contributed by atoms with E-state index in [0.717, 1.165) is 57.4 Å². The van der Waals surface area contributed by atoms with Gasteiger partial charge < -0.3 is 24.4 Å². The average molecular weight is 557 g/mol. The molecule has 10 heteroatoms. The molecule has 0 spiro atoms. The topological polar surface area (TPSA) is 55.3 Å². The Hall–Kier alpha value is -1.27. The number of halogens is 4. The van der Waals surface area contributed by atoms with Gasteiger partial charge in [0.25, 0.3) is 0 Å². The molecule has 0 aliphatic carbocycles. The van der Waals surface area contributed by atoms with Crippen LogP contribution >= 0.6 is 24.0 Å². The minimum Gasteiger partial charge on any atom is -0.491 e. The minimum absolute atomic E-state index is 0. The lowest BCUT2D eigenvalue weighted by atomic mass is 10.1. The van der Waals surface area contributed by atoms with Crippen LogP contribution in [0.25, 0.3) is 0 Å². The van der Waals surface area contributed by atoms with Gasteiger partial charge in [-0.05, 0) is 37.8 Å². The van der Waals surface area contributed by atoms with E-state index >= 15 is 0 Å². The molecule has 0 bridgehead atoms. The van der Waals surface area contributed by atoms with Crippen molar-refractivity contribution in [1.29, 1.82) is 0 Å². The molecular formula is C21H31F3IN3O3. The molecule has 0 aromatic heterocycles. The molecule has 2 fully saturated rings. The predicted molar refractivity (Wildman–Crippen MR) is 123 cm³/mol. The lowest BCUT2D eigenvalue weighted by molar-refractivity contribution is -0.138. The third-order valence-corrected chi connectivity index (χ3v) is 5.33. The molecule has 0 radical (unpaired) electrons. The first-order valence-electron chi connectivity index (χ1n) is 10.4. The van der Waals surface area contributed by atoms with Gasteiger partial charge in [-0.25, -0.2) is 0 Å². The van der Waals surface area contributed by atoms with Gasteiger partial charge in [-0.3, -0.25) is 4.99 Å². The van der Waals surface area contributed by atoms with Gasteiger partial charge in [0.1, 0.15) is 12.4 Å². The van der Waals surface area contributed by atoms with Crippen LogP contribution in [0.1, 0.15) is 31.2 Å². The fourth-order valence-corrected chi connectivity index (χ4v) is 3.74. The van der Waals surface area contributed by atoms with Gasteiger partial charge in [-0.1, -0.05) is 12.1 Å². The van der Waals surface area contributed by atoms with E-state index in [-0.39, 0.29) is 48.5 Å². The molecule has 1 aromatic carbocycles. The number of benzene rings is 1. The number of alkyl halides is 3. The second-order valence-corrected chi connectivity index (χ2v) is 7.47. The zero-order chi connectivity index (χ0) is 21.4. The molecular weight excluding hydrogens is 526 g/mol. The van der Waals surface area contributed by atoms with E-state index in [9.17, 15) is 13.2 Å². The van der Waals surface area contributed by atoms with Crippen LogP contribution in [0.3, 0.4) is 0 Å². The number of ether oxygens (including phenoxy) is 3. The van der Waals surface area contributed by atoms with Crippen LogP contribution in [0.4, 0.5) is 13.2 Å². The highest BCUT2D eigenvalue weighted by atomic mass is 127. The highest BCUT2D eigenvalue weighted by molar-refractivity contribution is 14.0. The van der Waals surface area contributed by atoms with Gasteiger partial charge in [-0.15, -0.1) is 24.0 Å². The number of aliphatic imine (C=N–C) groups is 1. The van der Waals surface area contributed by atoms with Crippen molar-refractivity contribution in [3.8, 4) is 5.75 Å². The number of hydrogen-bond donors (Lipinski definition) is 1. The number of para-hydroxylation sites is 1. The second-order valence-electron chi connectivity index (χ2n) is 7.47. The van der Waals surface area contributed by atoms with Crippen molar-refractivity contribution in [1.82, 2.24) is 10.2 Å². The summed E-state index contributed by atoms with van der Waals surface area (Å²) in [6.07, 6.45) is 0.0261. The molecule has 2 heterocycles.